The van der Waals surface area contributed by atoms with Crippen LogP contribution in [-0.2, 0) is 20.7 Å². The van der Waals surface area contributed by atoms with Gasteiger partial charge in [0.05, 0.1) is 11.2 Å². The Hall–Kier alpha value is -3.91. The van der Waals surface area contributed by atoms with E-state index in [9.17, 15) is 24.6 Å². The van der Waals surface area contributed by atoms with E-state index in [2.05, 4.69) is 19.9 Å². The van der Waals surface area contributed by atoms with Crippen LogP contribution in [0, 0.1) is 11.8 Å². The lowest BCUT2D eigenvalue weighted by atomic mass is 9.51. The highest BCUT2D eigenvalue weighted by atomic mass is 16.6. The molecule has 46 heavy (non-hydrogen) atoms. The predicted molar refractivity (Wildman–Crippen MR) is 174 cm³/mol. The van der Waals surface area contributed by atoms with E-state index in [1.165, 1.54) is 18.6 Å². The fraction of sp³-hybridized carbons (Fsp3) is 0.500. The molecule has 244 valence electrons. The number of rotatable bonds is 8. The molecule has 8 heteroatoms. The molecule has 1 spiro atoms. The summed E-state index contributed by atoms with van der Waals surface area (Å²) < 4.78 is 20.6. The van der Waals surface area contributed by atoms with Crippen LogP contribution in [0.1, 0.15) is 103 Å². The van der Waals surface area contributed by atoms with Crippen molar-refractivity contribution in [2.75, 3.05) is 0 Å². The van der Waals surface area contributed by atoms with E-state index in [1.54, 1.807) is 6.08 Å². The minimum absolute atomic E-state index is 0.0544. The van der Waals surface area contributed by atoms with Gasteiger partial charge < -0.3 is 24.4 Å². The van der Waals surface area contributed by atoms with Crippen molar-refractivity contribution in [3.05, 3.63) is 69.4 Å². The van der Waals surface area contributed by atoms with Crippen molar-refractivity contribution in [3.63, 3.8) is 0 Å². The zero-order chi connectivity index (χ0) is 33.6. The van der Waals surface area contributed by atoms with Gasteiger partial charge in [-0.05, 0) is 93.2 Å². The minimum atomic E-state index is -1.63. The second kappa shape index (κ2) is 10.6. The topological polar surface area (TPSA) is 119 Å². The number of hydrogen-bond donors (Lipinski definition) is 2. The van der Waals surface area contributed by atoms with Crippen LogP contribution in [-0.4, -0.2) is 50.2 Å². The summed E-state index contributed by atoms with van der Waals surface area (Å²) in [6, 6.07) is 0. The number of aliphatic carboxylic acids is 1. The molecule has 4 bridgehead atoms. The Morgan fingerprint density at radius 1 is 1.00 bits per heavy atom. The molecule has 0 aromatic heterocycles. The zero-order valence-corrected chi connectivity index (χ0v) is 28.0. The largest absolute Gasteiger partial charge is 0.506 e. The Morgan fingerprint density at radius 2 is 1.70 bits per heavy atom. The van der Waals surface area contributed by atoms with Gasteiger partial charge in [-0.2, -0.15) is 0 Å². The van der Waals surface area contributed by atoms with E-state index >= 15 is 0 Å². The number of carbonyl (C=O) groups excluding carboxylic acids is 2. The third-order valence-electron chi connectivity index (χ3n) is 10.5. The molecular formula is C38H44O8. The van der Waals surface area contributed by atoms with Gasteiger partial charge in [0.2, 0.25) is 0 Å². The molecule has 6 aliphatic rings. The summed E-state index contributed by atoms with van der Waals surface area (Å²) in [6.07, 6.45) is 13.4. The van der Waals surface area contributed by atoms with Gasteiger partial charge in [-0.25, -0.2) is 4.79 Å². The highest BCUT2D eigenvalue weighted by molar-refractivity contribution is 6.19. The third-order valence-corrected chi connectivity index (χ3v) is 10.5. The lowest BCUT2D eigenvalue weighted by molar-refractivity contribution is -0.171. The number of Topliss-reactive ketones (excluding diaryl/α,β-unsaturated/α-hetero) is 2. The molecule has 3 aliphatic carbocycles. The molecule has 8 nitrogen and oxygen atoms in total. The van der Waals surface area contributed by atoms with E-state index < -0.39 is 40.1 Å². The van der Waals surface area contributed by atoms with E-state index in [0.29, 0.717) is 41.7 Å². The number of carbonyl (C=O) groups is 3. The summed E-state index contributed by atoms with van der Waals surface area (Å²) >= 11 is 0. The van der Waals surface area contributed by atoms with Crippen LogP contribution in [0.4, 0.5) is 0 Å². The minimum Gasteiger partial charge on any atom is -0.506 e. The van der Waals surface area contributed by atoms with Gasteiger partial charge in [0.25, 0.3) is 0 Å². The van der Waals surface area contributed by atoms with Crippen LogP contribution in [0.2, 0.25) is 0 Å². The molecule has 5 atom stereocenters. The lowest BCUT2D eigenvalue weighted by Gasteiger charge is -2.56. The maximum atomic E-state index is 14.7. The molecule has 1 aromatic rings. The molecule has 1 saturated heterocycles. The summed E-state index contributed by atoms with van der Waals surface area (Å²) in [6.45, 7) is 15.4. The molecule has 2 unspecified atom stereocenters. The first-order chi connectivity index (χ1) is 21.5. The summed E-state index contributed by atoms with van der Waals surface area (Å²) in [4.78, 5) is 40.8. The van der Waals surface area contributed by atoms with Crippen LogP contribution < -0.4 is 9.47 Å². The van der Waals surface area contributed by atoms with Gasteiger partial charge in [-0.1, -0.05) is 35.5 Å². The average molecular weight is 629 g/mol. The van der Waals surface area contributed by atoms with Crippen molar-refractivity contribution in [1.29, 1.82) is 0 Å². The van der Waals surface area contributed by atoms with Crippen molar-refractivity contribution in [3.8, 4) is 17.2 Å². The van der Waals surface area contributed by atoms with E-state index in [1.807, 2.05) is 52.8 Å². The number of carboxylic acids is 1. The standard InChI is InChI=1S/C38H44O8/c1-20(2)10-9-15-36(8)16-14-24-29(39)28-30(40)26-18-23-19-27-35(6,7)46-37(33(23)41,17-13-22(5)34(42)43)38(26,27)45-32(28)25(31(24)44-36)12-11-21(3)4/h10-11,13-14,16,18,23,27,39H,9,12,15,17,19H2,1-8H3,(H,42,43)/b22-13-/t23-,27-,36?,37?,38-/m1/s1. The second-order valence-corrected chi connectivity index (χ2v) is 14.8. The Kier molecular flexibility index (Phi) is 7.36. The summed E-state index contributed by atoms with van der Waals surface area (Å²) in [5, 5.41) is 21.4. The van der Waals surface area contributed by atoms with Gasteiger partial charge in [0.1, 0.15) is 28.4 Å². The maximum Gasteiger partial charge on any atom is 0.330 e. The first-order valence-corrected chi connectivity index (χ1v) is 16.2. The number of phenols is 1. The first kappa shape index (κ1) is 32.0. The zero-order valence-electron chi connectivity index (χ0n) is 28.0. The number of ketones is 2. The van der Waals surface area contributed by atoms with Crippen molar-refractivity contribution >= 4 is 23.6 Å². The highest BCUT2D eigenvalue weighted by Gasteiger charge is 2.81. The maximum absolute atomic E-state index is 14.7. The highest BCUT2D eigenvalue weighted by Crippen LogP contribution is 2.68. The van der Waals surface area contributed by atoms with Gasteiger partial charge in [0.15, 0.2) is 22.8 Å². The molecule has 3 aliphatic heterocycles. The molecule has 1 aromatic carbocycles. The van der Waals surface area contributed by atoms with E-state index in [-0.39, 0.29) is 40.8 Å². The van der Waals surface area contributed by atoms with E-state index in [0.717, 1.165) is 12.0 Å². The Morgan fingerprint density at radius 3 is 2.35 bits per heavy atom. The number of ether oxygens (including phenoxy) is 3. The number of fused-ring (bicyclic) bond motifs is 2. The Bertz CT molecular complexity index is 1730. The molecule has 7 rings (SSSR count). The van der Waals surface area contributed by atoms with Crippen molar-refractivity contribution < 1.29 is 38.8 Å². The number of aromatic hydroxyl groups is 1. The van der Waals surface area contributed by atoms with Crippen LogP contribution in [0.25, 0.3) is 6.08 Å². The average Bonchev–Trinajstić information content (AvgIpc) is 3.12. The van der Waals surface area contributed by atoms with Gasteiger partial charge >= 0.3 is 5.97 Å². The van der Waals surface area contributed by atoms with Gasteiger partial charge in [-0.15, -0.1) is 0 Å². The number of hydrogen-bond acceptors (Lipinski definition) is 7. The molecule has 1 saturated carbocycles. The number of benzene rings is 1. The summed E-state index contributed by atoms with van der Waals surface area (Å²) in [5.41, 5.74) is -0.952. The van der Waals surface area contributed by atoms with Crippen molar-refractivity contribution in [1.82, 2.24) is 0 Å². The smallest absolute Gasteiger partial charge is 0.330 e. The molecular weight excluding hydrogens is 584 g/mol. The van der Waals surface area contributed by atoms with Crippen LogP contribution in [0.5, 0.6) is 17.2 Å². The third kappa shape index (κ3) is 4.47. The predicted octanol–water partition coefficient (Wildman–Crippen LogP) is 7.24. The van der Waals surface area contributed by atoms with Crippen molar-refractivity contribution in [2.24, 2.45) is 11.8 Å². The summed E-state index contributed by atoms with van der Waals surface area (Å²) in [7, 11) is 0. The fourth-order valence-electron chi connectivity index (χ4n) is 8.17. The van der Waals surface area contributed by atoms with Crippen LogP contribution in [0.3, 0.4) is 0 Å². The molecule has 3 heterocycles. The Labute approximate surface area is 270 Å². The molecule has 0 amide bonds. The lowest BCUT2D eigenvalue weighted by Crippen LogP contribution is -2.72. The summed E-state index contributed by atoms with van der Waals surface area (Å²) in [5.74, 6) is -2.28. The van der Waals surface area contributed by atoms with E-state index in [4.69, 9.17) is 14.2 Å². The molecule has 2 N–H and O–H groups in total. The number of allylic oxidation sites excluding steroid dienone is 5. The normalized spacial score (nSPS) is 31.2. The second-order valence-electron chi connectivity index (χ2n) is 14.8. The monoisotopic (exact) mass is 628 g/mol. The van der Waals surface area contributed by atoms with Crippen molar-refractivity contribution in [2.45, 2.75) is 110 Å². The molecule has 0 radical (unpaired) electrons. The number of carboxylic acid groups (broad SMARTS) is 1. The fourth-order valence-corrected chi connectivity index (χ4v) is 8.17. The van der Waals surface area contributed by atoms with Crippen LogP contribution >= 0.6 is 0 Å². The van der Waals surface area contributed by atoms with Gasteiger partial charge in [-0.3, -0.25) is 9.59 Å². The SMILES string of the molecule is CC(C)=CCCC1(C)C=Cc2c(O)c3c(c(CC=C(C)C)c2O1)O[C@]12C(=C[C@@H]4C[C@@H]1C(C)(C)OC2(C/C=C(/C)C(=O)O)C4=O)C3=O. The Balaban J connectivity index is 1.59. The van der Waals surface area contributed by atoms with Crippen LogP contribution in [0.15, 0.2) is 52.7 Å². The molecule has 2 fully saturated rings. The van der Waals surface area contributed by atoms with Gasteiger partial charge in [0, 0.05) is 35.0 Å². The first-order valence-electron chi connectivity index (χ1n) is 16.2. The number of phenolic OH excluding ortho intramolecular Hbond substituents is 1. The quantitative estimate of drug-likeness (QED) is 0.228.